The number of nitrogens with zero attached hydrogens (tertiary/aromatic N) is 1. The zero-order chi connectivity index (χ0) is 13.3. The fourth-order valence-corrected chi connectivity index (χ4v) is 2.60. The second kappa shape index (κ2) is 5.41. The van der Waals surface area contributed by atoms with Gasteiger partial charge in [0.15, 0.2) is 0 Å². The van der Waals surface area contributed by atoms with E-state index in [1.165, 1.54) is 5.56 Å². The number of rotatable bonds is 4. The standard InChI is InChI=1S/C14H18BrNO2/c1-9(14(17)18)12-7-16(8-12)10(2)11-3-5-13(15)6-4-11/h3-6,9-10,12H,7-8H2,1-2H3,(H,17,18). The molecule has 2 atom stereocenters. The molecule has 0 aromatic heterocycles. The highest BCUT2D eigenvalue weighted by atomic mass is 79.9. The summed E-state index contributed by atoms with van der Waals surface area (Å²) in [5.74, 6) is -0.630. The highest BCUT2D eigenvalue weighted by molar-refractivity contribution is 9.10. The van der Waals surface area contributed by atoms with E-state index < -0.39 is 5.97 Å². The first kappa shape index (κ1) is 13.6. The van der Waals surface area contributed by atoms with Crippen LogP contribution in [0.25, 0.3) is 0 Å². The number of hydrogen-bond acceptors (Lipinski definition) is 2. The summed E-state index contributed by atoms with van der Waals surface area (Å²) in [5.41, 5.74) is 1.28. The van der Waals surface area contributed by atoms with Gasteiger partial charge in [-0.05, 0) is 30.5 Å². The number of carboxylic acids is 1. The van der Waals surface area contributed by atoms with Crippen molar-refractivity contribution in [2.75, 3.05) is 13.1 Å². The third-order valence-corrected chi connectivity index (χ3v) is 4.46. The lowest BCUT2D eigenvalue weighted by Crippen LogP contribution is -2.51. The molecule has 0 amide bonds. The molecule has 18 heavy (non-hydrogen) atoms. The van der Waals surface area contributed by atoms with Gasteiger partial charge >= 0.3 is 5.97 Å². The SMILES string of the molecule is CC(C(=O)O)C1CN(C(C)c2ccc(Br)cc2)C1. The number of carbonyl (C=O) groups is 1. The molecule has 1 aromatic rings. The van der Waals surface area contributed by atoms with Crippen LogP contribution in [0, 0.1) is 11.8 Å². The summed E-state index contributed by atoms with van der Waals surface area (Å²) in [6.45, 7) is 5.73. The molecule has 1 heterocycles. The molecule has 1 aliphatic heterocycles. The van der Waals surface area contributed by atoms with Crippen LogP contribution in [0.3, 0.4) is 0 Å². The monoisotopic (exact) mass is 311 g/mol. The van der Waals surface area contributed by atoms with Crippen LogP contribution in [0.5, 0.6) is 0 Å². The van der Waals surface area contributed by atoms with Crippen molar-refractivity contribution in [2.24, 2.45) is 11.8 Å². The van der Waals surface area contributed by atoms with Crippen molar-refractivity contribution in [1.82, 2.24) is 4.90 Å². The highest BCUT2D eigenvalue weighted by Gasteiger charge is 2.36. The summed E-state index contributed by atoms with van der Waals surface area (Å²) in [4.78, 5) is 13.2. The second-order valence-electron chi connectivity index (χ2n) is 5.07. The smallest absolute Gasteiger partial charge is 0.306 e. The first-order valence-electron chi connectivity index (χ1n) is 6.21. The summed E-state index contributed by atoms with van der Waals surface area (Å²) >= 11 is 3.43. The maximum Gasteiger partial charge on any atom is 0.306 e. The van der Waals surface area contributed by atoms with Crippen LogP contribution in [-0.4, -0.2) is 29.1 Å². The summed E-state index contributed by atoms with van der Waals surface area (Å²) in [5, 5.41) is 8.97. The Morgan fingerprint density at radius 1 is 1.33 bits per heavy atom. The predicted octanol–water partition coefficient (Wildman–Crippen LogP) is 3.16. The topological polar surface area (TPSA) is 40.5 Å². The maximum atomic E-state index is 10.9. The Labute approximate surface area is 116 Å². The summed E-state index contributed by atoms with van der Waals surface area (Å²) < 4.78 is 1.08. The molecule has 2 rings (SSSR count). The molecule has 0 spiro atoms. The Balaban J connectivity index is 1.92. The third-order valence-electron chi connectivity index (χ3n) is 3.93. The van der Waals surface area contributed by atoms with E-state index in [1.807, 2.05) is 12.1 Å². The lowest BCUT2D eigenvalue weighted by Gasteiger charge is -2.45. The van der Waals surface area contributed by atoms with Crippen LogP contribution in [0.2, 0.25) is 0 Å². The van der Waals surface area contributed by atoms with Gasteiger partial charge in [-0.15, -0.1) is 0 Å². The maximum absolute atomic E-state index is 10.9. The van der Waals surface area contributed by atoms with Crippen molar-refractivity contribution in [1.29, 1.82) is 0 Å². The van der Waals surface area contributed by atoms with E-state index >= 15 is 0 Å². The third kappa shape index (κ3) is 2.75. The molecule has 0 radical (unpaired) electrons. The highest BCUT2D eigenvalue weighted by Crippen LogP contribution is 2.32. The van der Waals surface area contributed by atoms with E-state index in [0.29, 0.717) is 12.0 Å². The van der Waals surface area contributed by atoms with Crippen molar-refractivity contribution in [3.8, 4) is 0 Å². The van der Waals surface area contributed by atoms with Crippen LogP contribution in [0.1, 0.15) is 25.5 Å². The lowest BCUT2D eigenvalue weighted by molar-refractivity contribution is -0.146. The Morgan fingerprint density at radius 2 is 1.89 bits per heavy atom. The van der Waals surface area contributed by atoms with E-state index in [4.69, 9.17) is 5.11 Å². The van der Waals surface area contributed by atoms with Crippen LogP contribution in [0.15, 0.2) is 28.7 Å². The van der Waals surface area contributed by atoms with Crippen LogP contribution in [-0.2, 0) is 4.79 Å². The lowest BCUT2D eigenvalue weighted by atomic mass is 9.85. The van der Waals surface area contributed by atoms with Crippen molar-refractivity contribution in [3.63, 3.8) is 0 Å². The van der Waals surface area contributed by atoms with Gasteiger partial charge < -0.3 is 5.11 Å². The molecule has 4 heteroatoms. The Kier molecular flexibility index (Phi) is 4.07. The zero-order valence-electron chi connectivity index (χ0n) is 10.6. The molecule has 3 nitrogen and oxygen atoms in total. The van der Waals surface area contributed by atoms with E-state index in [1.54, 1.807) is 6.92 Å². The summed E-state index contributed by atoms with van der Waals surface area (Å²) in [7, 11) is 0. The predicted molar refractivity (Wildman–Crippen MR) is 74.4 cm³/mol. The summed E-state index contributed by atoms with van der Waals surface area (Å²) in [6, 6.07) is 8.67. The molecule has 98 valence electrons. The van der Waals surface area contributed by atoms with Crippen molar-refractivity contribution >= 4 is 21.9 Å². The van der Waals surface area contributed by atoms with Gasteiger partial charge in [0.1, 0.15) is 0 Å². The van der Waals surface area contributed by atoms with Crippen molar-refractivity contribution in [3.05, 3.63) is 34.3 Å². The van der Waals surface area contributed by atoms with Gasteiger partial charge in [-0.1, -0.05) is 35.0 Å². The van der Waals surface area contributed by atoms with Gasteiger partial charge in [0.25, 0.3) is 0 Å². The zero-order valence-corrected chi connectivity index (χ0v) is 12.2. The molecule has 0 saturated carbocycles. The number of aliphatic carboxylic acids is 1. The average molecular weight is 312 g/mol. The number of halogens is 1. The van der Waals surface area contributed by atoms with Gasteiger partial charge in [0.2, 0.25) is 0 Å². The van der Waals surface area contributed by atoms with E-state index in [-0.39, 0.29) is 5.92 Å². The molecule has 0 aliphatic carbocycles. The number of hydrogen-bond donors (Lipinski definition) is 1. The Morgan fingerprint density at radius 3 is 2.39 bits per heavy atom. The largest absolute Gasteiger partial charge is 0.481 e. The average Bonchev–Trinajstić information content (AvgIpc) is 2.27. The molecule has 1 aliphatic rings. The normalized spacial score (nSPS) is 20.2. The molecule has 1 aromatic carbocycles. The van der Waals surface area contributed by atoms with Crippen LogP contribution < -0.4 is 0 Å². The van der Waals surface area contributed by atoms with Crippen molar-refractivity contribution in [2.45, 2.75) is 19.9 Å². The minimum atomic E-state index is -0.684. The van der Waals surface area contributed by atoms with E-state index in [9.17, 15) is 4.79 Å². The molecule has 1 fully saturated rings. The van der Waals surface area contributed by atoms with Crippen molar-refractivity contribution < 1.29 is 9.90 Å². The van der Waals surface area contributed by atoms with Gasteiger partial charge in [0, 0.05) is 23.6 Å². The van der Waals surface area contributed by atoms with Gasteiger partial charge in [0.05, 0.1) is 5.92 Å². The molecule has 1 saturated heterocycles. The first-order chi connectivity index (χ1) is 8.49. The van der Waals surface area contributed by atoms with Gasteiger partial charge in [-0.3, -0.25) is 9.69 Å². The number of benzene rings is 1. The van der Waals surface area contributed by atoms with E-state index in [0.717, 1.165) is 17.6 Å². The fourth-order valence-electron chi connectivity index (χ4n) is 2.34. The Bertz CT molecular complexity index is 426. The first-order valence-corrected chi connectivity index (χ1v) is 7.00. The molecule has 2 unspecified atom stereocenters. The molecule has 1 N–H and O–H groups in total. The Hall–Kier alpha value is -0.870. The minimum Gasteiger partial charge on any atom is -0.481 e. The van der Waals surface area contributed by atoms with E-state index in [2.05, 4.69) is 39.9 Å². The number of likely N-dealkylation sites (tertiary alicyclic amines) is 1. The molecular weight excluding hydrogens is 294 g/mol. The number of carboxylic acid groups (broad SMARTS) is 1. The summed E-state index contributed by atoms with van der Waals surface area (Å²) in [6.07, 6.45) is 0. The fraction of sp³-hybridized carbons (Fsp3) is 0.500. The van der Waals surface area contributed by atoms with Gasteiger partial charge in [-0.25, -0.2) is 0 Å². The molecular formula is C14H18BrNO2. The van der Waals surface area contributed by atoms with Gasteiger partial charge in [-0.2, -0.15) is 0 Å². The quantitative estimate of drug-likeness (QED) is 0.928. The minimum absolute atomic E-state index is 0.238. The van der Waals surface area contributed by atoms with Crippen LogP contribution in [0.4, 0.5) is 0 Å². The van der Waals surface area contributed by atoms with Crippen LogP contribution >= 0.6 is 15.9 Å². The molecule has 0 bridgehead atoms. The second-order valence-corrected chi connectivity index (χ2v) is 5.98.